The largest absolute Gasteiger partial charge is 0.497 e. The van der Waals surface area contributed by atoms with Crippen LogP contribution in [0, 0.1) is 6.92 Å². The van der Waals surface area contributed by atoms with Crippen molar-refractivity contribution in [2.24, 2.45) is 0 Å². The second-order valence-corrected chi connectivity index (χ2v) is 5.75. The summed E-state index contributed by atoms with van der Waals surface area (Å²) in [4.78, 5) is 22.3. The van der Waals surface area contributed by atoms with E-state index in [1.165, 1.54) is 6.20 Å². The summed E-state index contributed by atoms with van der Waals surface area (Å²) < 4.78 is 5.24. The summed E-state index contributed by atoms with van der Waals surface area (Å²) >= 11 is 0. The van der Waals surface area contributed by atoms with Crippen LogP contribution in [0.25, 0.3) is 10.8 Å². The lowest BCUT2D eigenvalue weighted by atomic mass is 10.1. The number of benzene rings is 2. The number of hydrogen-bond donors (Lipinski definition) is 0. The third-order valence-electron chi connectivity index (χ3n) is 3.88. The second-order valence-electron chi connectivity index (χ2n) is 5.75. The van der Waals surface area contributed by atoms with Crippen molar-refractivity contribution in [2.45, 2.75) is 13.5 Å². The molecule has 0 spiro atoms. The van der Waals surface area contributed by atoms with Gasteiger partial charge in [0.05, 0.1) is 19.0 Å². The van der Waals surface area contributed by atoms with E-state index in [0.29, 0.717) is 12.2 Å². The number of nitrogens with zero attached hydrogens (tertiary/aromatic N) is 3. The lowest BCUT2D eigenvalue weighted by Crippen LogP contribution is -2.27. The Labute approximate surface area is 140 Å². The van der Waals surface area contributed by atoms with Gasteiger partial charge < -0.3 is 9.64 Å². The SMILES string of the molecule is COc1ccc2cc(CN(C)C(=O)c3cnc(C)cn3)ccc2c1. The Balaban J connectivity index is 1.78. The first kappa shape index (κ1) is 15.9. The van der Waals surface area contributed by atoms with Crippen LogP contribution >= 0.6 is 0 Å². The van der Waals surface area contributed by atoms with Gasteiger partial charge in [0.1, 0.15) is 11.4 Å². The molecule has 3 aromatic rings. The summed E-state index contributed by atoms with van der Waals surface area (Å²) in [5.74, 6) is 0.692. The molecule has 3 rings (SSSR count). The summed E-state index contributed by atoms with van der Waals surface area (Å²) in [6.45, 7) is 2.35. The van der Waals surface area contributed by atoms with Crippen LogP contribution in [-0.2, 0) is 6.54 Å². The fourth-order valence-corrected chi connectivity index (χ4v) is 2.54. The number of ether oxygens (including phenoxy) is 1. The van der Waals surface area contributed by atoms with E-state index in [-0.39, 0.29) is 5.91 Å². The average Bonchev–Trinajstić information content (AvgIpc) is 2.61. The third-order valence-corrected chi connectivity index (χ3v) is 3.88. The standard InChI is InChI=1S/C19H19N3O2/c1-13-10-21-18(11-20-13)19(23)22(2)12-14-4-5-16-9-17(24-3)7-6-15(16)8-14/h4-11H,12H2,1-3H3. The third kappa shape index (κ3) is 3.35. The zero-order valence-corrected chi connectivity index (χ0v) is 14.0. The highest BCUT2D eigenvalue weighted by molar-refractivity contribution is 5.92. The van der Waals surface area contributed by atoms with E-state index >= 15 is 0 Å². The van der Waals surface area contributed by atoms with Gasteiger partial charge in [-0.3, -0.25) is 9.78 Å². The van der Waals surface area contributed by atoms with Gasteiger partial charge in [-0.05, 0) is 41.5 Å². The highest BCUT2D eigenvalue weighted by atomic mass is 16.5. The van der Waals surface area contributed by atoms with E-state index < -0.39 is 0 Å². The number of carbonyl (C=O) groups is 1. The summed E-state index contributed by atoms with van der Waals surface area (Å²) in [6, 6.07) is 12.1. The van der Waals surface area contributed by atoms with Gasteiger partial charge in [0, 0.05) is 19.8 Å². The van der Waals surface area contributed by atoms with E-state index in [9.17, 15) is 4.79 Å². The van der Waals surface area contributed by atoms with Crippen LogP contribution in [0.4, 0.5) is 0 Å². The molecule has 0 unspecified atom stereocenters. The molecule has 1 aromatic heterocycles. The van der Waals surface area contributed by atoms with E-state index in [1.54, 1.807) is 25.3 Å². The minimum atomic E-state index is -0.141. The smallest absolute Gasteiger partial charge is 0.274 e. The number of methoxy groups -OCH3 is 1. The van der Waals surface area contributed by atoms with E-state index in [0.717, 1.165) is 27.8 Å². The summed E-state index contributed by atoms with van der Waals surface area (Å²) in [5.41, 5.74) is 2.20. The fraction of sp³-hybridized carbons (Fsp3) is 0.211. The molecular weight excluding hydrogens is 302 g/mol. The average molecular weight is 321 g/mol. The van der Waals surface area contributed by atoms with Crippen LogP contribution in [0.15, 0.2) is 48.8 Å². The zero-order valence-electron chi connectivity index (χ0n) is 14.0. The van der Waals surface area contributed by atoms with Crippen molar-refractivity contribution in [1.29, 1.82) is 0 Å². The molecule has 0 radical (unpaired) electrons. The Kier molecular flexibility index (Phi) is 4.42. The number of hydrogen-bond acceptors (Lipinski definition) is 4. The Morgan fingerprint density at radius 1 is 1.08 bits per heavy atom. The zero-order chi connectivity index (χ0) is 17.1. The Hall–Kier alpha value is -2.95. The van der Waals surface area contributed by atoms with Crippen molar-refractivity contribution in [3.8, 4) is 5.75 Å². The molecule has 0 aliphatic heterocycles. The van der Waals surface area contributed by atoms with Crippen molar-refractivity contribution in [3.63, 3.8) is 0 Å². The Morgan fingerprint density at radius 3 is 2.54 bits per heavy atom. The van der Waals surface area contributed by atoms with Crippen molar-refractivity contribution in [2.75, 3.05) is 14.2 Å². The van der Waals surface area contributed by atoms with Gasteiger partial charge in [-0.1, -0.05) is 18.2 Å². The van der Waals surface area contributed by atoms with Crippen LogP contribution < -0.4 is 4.74 Å². The van der Waals surface area contributed by atoms with Gasteiger partial charge in [0.2, 0.25) is 0 Å². The van der Waals surface area contributed by atoms with Crippen molar-refractivity contribution >= 4 is 16.7 Å². The molecule has 0 saturated carbocycles. The first-order valence-electron chi connectivity index (χ1n) is 7.67. The summed E-state index contributed by atoms with van der Waals surface area (Å²) in [5, 5.41) is 2.22. The maximum Gasteiger partial charge on any atom is 0.274 e. The molecule has 0 bridgehead atoms. The summed E-state index contributed by atoms with van der Waals surface area (Å²) in [7, 11) is 3.42. The monoisotopic (exact) mass is 321 g/mol. The minimum absolute atomic E-state index is 0.141. The molecule has 0 saturated heterocycles. The predicted octanol–water partition coefficient (Wildman–Crippen LogP) is 3.22. The molecule has 1 amide bonds. The first-order valence-corrected chi connectivity index (χ1v) is 7.67. The minimum Gasteiger partial charge on any atom is -0.497 e. The molecule has 24 heavy (non-hydrogen) atoms. The molecule has 2 aromatic carbocycles. The van der Waals surface area contributed by atoms with Crippen molar-refractivity contribution < 1.29 is 9.53 Å². The predicted molar refractivity (Wildman–Crippen MR) is 93.1 cm³/mol. The molecule has 122 valence electrons. The number of rotatable bonds is 4. The van der Waals surface area contributed by atoms with Crippen LogP contribution in [0.5, 0.6) is 5.75 Å². The van der Waals surface area contributed by atoms with Gasteiger partial charge in [-0.25, -0.2) is 4.98 Å². The van der Waals surface area contributed by atoms with Crippen LogP contribution in [0.1, 0.15) is 21.7 Å². The molecular formula is C19H19N3O2. The number of fused-ring (bicyclic) bond motifs is 1. The highest BCUT2D eigenvalue weighted by Crippen LogP contribution is 2.22. The lowest BCUT2D eigenvalue weighted by molar-refractivity contribution is 0.0779. The van der Waals surface area contributed by atoms with E-state index in [1.807, 2.05) is 37.3 Å². The molecule has 0 fully saturated rings. The number of amides is 1. The number of aromatic nitrogens is 2. The second kappa shape index (κ2) is 6.66. The maximum atomic E-state index is 12.4. The number of carbonyl (C=O) groups excluding carboxylic acids is 1. The fourth-order valence-electron chi connectivity index (χ4n) is 2.54. The topological polar surface area (TPSA) is 55.3 Å². The van der Waals surface area contributed by atoms with Crippen LogP contribution in [0.3, 0.4) is 0 Å². The molecule has 5 heteroatoms. The molecule has 5 nitrogen and oxygen atoms in total. The normalized spacial score (nSPS) is 10.6. The molecule has 0 aliphatic rings. The quantitative estimate of drug-likeness (QED) is 0.740. The lowest BCUT2D eigenvalue weighted by Gasteiger charge is -2.17. The molecule has 0 N–H and O–H groups in total. The van der Waals surface area contributed by atoms with Gasteiger partial charge in [-0.2, -0.15) is 0 Å². The Bertz CT molecular complexity index is 875. The molecule has 0 aliphatic carbocycles. The Morgan fingerprint density at radius 2 is 1.83 bits per heavy atom. The first-order chi connectivity index (χ1) is 11.6. The van der Waals surface area contributed by atoms with Crippen LogP contribution in [-0.4, -0.2) is 34.9 Å². The van der Waals surface area contributed by atoms with Crippen molar-refractivity contribution in [1.82, 2.24) is 14.9 Å². The highest BCUT2D eigenvalue weighted by Gasteiger charge is 2.14. The van der Waals surface area contributed by atoms with E-state index in [4.69, 9.17) is 4.74 Å². The van der Waals surface area contributed by atoms with Gasteiger partial charge in [0.25, 0.3) is 5.91 Å². The van der Waals surface area contributed by atoms with Crippen molar-refractivity contribution in [3.05, 3.63) is 65.7 Å². The van der Waals surface area contributed by atoms with Gasteiger partial charge in [0.15, 0.2) is 0 Å². The summed E-state index contributed by atoms with van der Waals surface area (Å²) in [6.07, 6.45) is 3.12. The molecule has 1 heterocycles. The maximum absolute atomic E-state index is 12.4. The van der Waals surface area contributed by atoms with Gasteiger partial charge >= 0.3 is 0 Å². The molecule has 0 atom stereocenters. The van der Waals surface area contributed by atoms with Crippen LogP contribution in [0.2, 0.25) is 0 Å². The van der Waals surface area contributed by atoms with Gasteiger partial charge in [-0.15, -0.1) is 0 Å². The van der Waals surface area contributed by atoms with E-state index in [2.05, 4.69) is 16.0 Å². The number of aryl methyl sites for hydroxylation is 1.